The van der Waals surface area contributed by atoms with Gasteiger partial charge in [0.15, 0.2) is 0 Å². The minimum atomic E-state index is -0.124. The van der Waals surface area contributed by atoms with Gasteiger partial charge >= 0.3 is 0 Å². The predicted octanol–water partition coefficient (Wildman–Crippen LogP) is 0.848. The first kappa shape index (κ1) is 13.4. The van der Waals surface area contributed by atoms with Crippen molar-refractivity contribution in [2.45, 2.75) is 20.3 Å². The summed E-state index contributed by atoms with van der Waals surface area (Å²) < 4.78 is 0. The Labute approximate surface area is 112 Å². The van der Waals surface area contributed by atoms with Gasteiger partial charge in [-0.1, -0.05) is 6.07 Å². The lowest BCUT2D eigenvalue weighted by Crippen LogP contribution is -2.37. The van der Waals surface area contributed by atoms with Crippen molar-refractivity contribution in [2.24, 2.45) is 0 Å². The van der Waals surface area contributed by atoms with Crippen molar-refractivity contribution < 1.29 is 9.59 Å². The molecule has 102 valence electrons. The summed E-state index contributed by atoms with van der Waals surface area (Å²) in [6, 6.07) is 3.61. The summed E-state index contributed by atoms with van der Waals surface area (Å²) in [6.07, 6.45) is 0.776. The average Bonchev–Trinajstić information content (AvgIpc) is 2.58. The molecule has 2 rings (SSSR count). The van der Waals surface area contributed by atoms with E-state index in [0.717, 1.165) is 17.5 Å². The molecule has 0 bridgehead atoms. The number of carbonyl (C=O) groups is 2. The highest BCUT2D eigenvalue weighted by atomic mass is 16.2. The zero-order valence-electron chi connectivity index (χ0n) is 11.3. The molecule has 5 heteroatoms. The molecule has 0 radical (unpaired) electrons. The van der Waals surface area contributed by atoms with Crippen molar-refractivity contribution in [3.8, 4) is 0 Å². The molecule has 0 saturated carbocycles. The van der Waals surface area contributed by atoms with Crippen LogP contribution in [0.1, 0.15) is 27.9 Å². The number of nitrogens with two attached hydrogens (primary N) is 1. The Morgan fingerprint density at radius 3 is 2.79 bits per heavy atom. The summed E-state index contributed by atoms with van der Waals surface area (Å²) in [5.74, 6) is -0.232. The molecule has 2 amide bonds. The Morgan fingerprint density at radius 2 is 2.05 bits per heavy atom. The Kier molecular flexibility index (Phi) is 3.74. The smallest absolute Gasteiger partial charge is 0.254 e. The van der Waals surface area contributed by atoms with Crippen LogP contribution in [0.15, 0.2) is 12.1 Å². The number of rotatable bonds is 1. The van der Waals surface area contributed by atoms with Gasteiger partial charge in [-0.3, -0.25) is 9.59 Å². The number of benzene rings is 1. The van der Waals surface area contributed by atoms with Crippen molar-refractivity contribution in [1.82, 2.24) is 10.2 Å². The number of hydrogen-bond donors (Lipinski definition) is 2. The fourth-order valence-electron chi connectivity index (χ4n) is 2.25. The van der Waals surface area contributed by atoms with Crippen LogP contribution in [0.5, 0.6) is 0 Å². The van der Waals surface area contributed by atoms with E-state index in [4.69, 9.17) is 5.73 Å². The fraction of sp³-hybridized carbons (Fsp3) is 0.429. The molecule has 0 aromatic heterocycles. The molecule has 19 heavy (non-hydrogen) atoms. The Morgan fingerprint density at radius 1 is 1.32 bits per heavy atom. The van der Waals surface area contributed by atoms with E-state index in [1.807, 2.05) is 19.9 Å². The molecule has 0 spiro atoms. The SMILES string of the molecule is Cc1cc(C)c(C(=O)N2CCCNC(=O)C2)cc1N. The van der Waals surface area contributed by atoms with Gasteiger partial charge in [0, 0.05) is 24.3 Å². The third-order valence-electron chi connectivity index (χ3n) is 3.39. The molecular formula is C14H19N3O2. The molecule has 0 atom stereocenters. The van der Waals surface area contributed by atoms with Crippen molar-refractivity contribution >= 4 is 17.5 Å². The van der Waals surface area contributed by atoms with E-state index in [9.17, 15) is 9.59 Å². The molecule has 1 fully saturated rings. The second kappa shape index (κ2) is 5.30. The number of hydrogen-bond acceptors (Lipinski definition) is 3. The maximum atomic E-state index is 12.5. The highest BCUT2D eigenvalue weighted by Gasteiger charge is 2.22. The molecule has 1 aliphatic heterocycles. The molecule has 1 aromatic carbocycles. The molecule has 0 unspecified atom stereocenters. The van der Waals surface area contributed by atoms with Gasteiger partial charge in [0.05, 0.1) is 6.54 Å². The number of anilines is 1. The third-order valence-corrected chi connectivity index (χ3v) is 3.39. The van der Waals surface area contributed by atoms with Crippen molar-refractivity contribution in [2.75, 3.05) is 25.4 Å². The van der Waals surface area contributed by atoms with Crippen LogP contribution in [-0.4, -0.2) is 36.3 Å². The minimum absolute atomic E-state index is 0.108. The molecule has 0 aliphatic carbocycles. The van der Waals surface area contributed by atoms with Gasteiger partial charge in [-0.25, -0.2) is 0 Å². The van der Waals surface area contributed by atoms with E-state index in [-0.39, 0.29) is 18.4 Å². The largest absolute Gasteiger partial charge is 0.398 e. The highest BCUT2D eigenvalue weighted by Crippen LogP contribution is 2.19. The first-order valence-electron chi connectivity index (χ1n) is 6.41. The van der Waals surface area contributed by atoms with Crippen molar-refractivity contribution in [3.63, 3.8) is 0 Å². The van der Waals surface area contributed by atoms with Crippen LogP contribution in [0, 0.1) is 13.8 Å². The van der Waals surface area contributed by atoms with Crippen LogP contribution < -0.4 is 11.1 Å². The number of aryl methyl sites for hydroxylation is 2. The van der Waals surface area contributed by atoms with Crippen molar-refractivity contribution in [3.05, 3.63) is 28.8 Å². The second-order valence-electron chi connectivity index (χ2n) is 4.95. The van der Waals surface area contributed by atoms with Gasteiger partial charge in [0.2, 0.25) is 5.91 Å². The molecule has 1 aromatic rings. The van der Waals surface area contributed by atoms with Gasteiger partial charge in [-0.05, 0) is 37.5 Å². The maximum Gasteiger partial charge on any atom is 0.254 e. The van der Waals surface area contributed by atoms with E-state index in [1.54, 1.807) is 11.0 Å². The molecule has 1 heterocycles. The van der Waals surface area contributed by atoms with Gasteiger partial charge < -0.3 is 16.0 Å². The monoisotopic (exact) mass is 261 g/mol. The molecular weight excluding hydrogens is 242 g/mol. The average molecular weight is 261 g/mol. The topological polar surface area (TPSA) is 75.4 Å². The second-order valence-corrected chi connectivity index (χ2v) is 4.95. The lowest BCUT2D eigenvalue weighted by molar-refractivity contribution is -0.121. The normalized spacial score (nSPS) is 15.9. The summed E-state index contributed by atoms with van der Waals surface area (Å²) >= 11 is 0. The first-order chi connectivity index (χ1) is 8.99. The number of nitrogen functional groups attached to an aromatic ring is 1. The fourth-order valence-corrected chi connectivity index (χ4v) is 2.25. The van der Waals surface area contributed by atoms with Crippen LogP contribution in [-0.2, 0) is 4.79 Å². The van der Waals surface area contributed by atoms with E-state index >= 15 is 0 Å². The maximum absolute atomic E-state index is 12.5. The van der Waals surface area contributed by atoms with Crippen LogP contribution in [0.25, 0.3) is 0 Å². The van der Waals surface area contributed by atoms with E-state index in [2.05, 4.69) is 5.32 Å². The van der Waals surface area contributed by atoms with Crippen LogP contribution in [0.2, 0.25) is 0 Å². The van der Waals surface area contributed by atoms with Crippen LogP contribution in [0.4, 0.5) is 5.69 Å². The predicted molar refractivity (Wildman–Crippen MR) is 73.9 cm³/mol. The van der Waals surface area contributed by atoms with Crippen LogP contribution in [0.3, 0.4) is 0 Å². The number of amides is 2. The number of carbonyl (C=O) groups excluding carboxylic acids is 2. The summed E-state index contributed by atoms with van der Waals surface area (Å²) in [6.45, 7) is 5.13. The minimum Gasteiger partial charge on any atom is -0.398 e. The summed E-state index contributed by atoms with van der Waals surface area (Å²) in [4.78, 5) is 25.6. The third kappa shape index (κ3) is 2.86. The summed E-state index contributed by atoms with van der Waals surface area (Å²) in [5.41, 5.74) is 8.90. The molecule has 5 nitrogen and oxygen atoms in total. The highest BCUT2D eigenvalue weighted by molar-refractivity contribution is 5.98. The van der Waals surface area contributed by atoms with Gasteiger partial charge in [-0.15, -0.1) is 0 Å². The summed E-state index contributed by atoms with van der Waals surface area (Å²) in [7, 11) is 0. The van der Waals surface area contributed by atoms with Gasteiger partial charge in [-0.2, -0.15) is 0 Å². The quantitative estimate of drug-likeness (QED) is 0.736. The standard InChI is InChI=1S/C14H19N3O2/c1-9-6-10(2)12(15)7-11(9)14(19)17-5-3-4-16-13(18)8-17/h6-7H,3-5,8,15H2,1-2H3,(H,16,18). The zero-order chi connectivity index (χ0) is 14.0. The Balaban J connectivity index is 2.28. The molecule has 3 N–H and O–H groups in total. The lowest BCUT2D eigenvalue weighted by atomic mass is 10.0. The first-order valence-corrected chi connectivity index (χ1v) is 6.41. The van der Waals surface area contributed by atoms with E-state index in [1.165, 1.54) is 0 Å². The summed E-state index contributed by atoms with van der Waals surface area (Å²) in [5, 5.41) is 2.76. The van der Waals surface area contributed by atoms with Crippen molar-refractivity contribution in [1.29, 1.82) is 0 Å². The van der Waals surface area contributed by atoms with Crippen LogP contribution >= 0.6 is 0 Å². The lowest BCUT2D eigenvalue weighted by Gasteiger charge is -2.20. The molecule has 1 aliphatic rings. The molecule has 1 saturated heterocycles. The van der Waals surface area contributed by atoms with E-state index < -0.39 is 0 Å². The Bertz CT molecular complexity index is 526. The number of nitrogens with zero attached hydrogens (tertiary/aromatic N) is 1. The zero-order valence-corrected chi connectivity index (χ0v) is 11.3. The van der Waals surface area contributed by atoms with E-state index in [0.29, 0.717) is 24.3 Å². The Hall–Kier alpha value is -2.04. The number of nitrogens with one attached hydrogen (secondary N) is 1. The van der Waals surface area contributed by atoms with Gasteiger partial charge in [0.1, 0.15) is 0 Å². The van der Waals surface area contributed by atoms with Gasteiger partial charge in [0.25, 0.3) is 5.91 Å².